The number of hydrogen-bond acceptors (Lipinski definition) is 3. The number of benzene rings is 3. The van der Waals surface area contributed by atoms with Crippen molar-refractivity contribution in [1.29, 1.82) is 0 Å². The van der Waals surface area contributed by atoms with E-state index in [0.717, 1.165) is 22.6 Å². The van der Waals surface area contributed by atoms with Gasteiger partial charge < -0.3 is 9.15 Å². The zero-order valence-electron chi connectivity index (χ0n) is 16.1. The largest absolute Gasteiger partial charge is 0.497 e. The maximum absolute atomic E-state index is 13.2. The van der Waals surface area contributed by atoms with Crippen LogP contribution in [0.3, 0.4) is 0 Å². The molecule has 142 valence electrons. The van der Waals surface area contributed by atoms with E-state index in [4.69, 9.17) is 9.15 Å². The van der Waals surface area contributed by atoms with Gasteiger partial charge in [0.25, 0.3) is 0 Å². The lowest BCUT2D eigenvalue weighted by molar-refractivity contribution is 0.415. The second-order valence-corrected chi connectivity index (χ2v) is 7.26. The Balaban J connectivity index is 1.73. The van der Waals surface area contributed by atoms with Crippen molar-refractivity contribution in [3.8, 4) is 5.75 Å². The van der Waals surface area contributed by atoms with Crippen LogP contribution in [0.4, 0.5) is 0 Å². The molecular formula is C26H20O3. The molecule has 3 nitrogen and oxygen atoms in total. The molecule has 1 heterocycles. The van der Waals surface area contributed by atoms with Crippen molar-refractivity contribution in [1.82, 2.24) is 0 Å². The Morgan fingerprint density at radius 2 is 1.62 bits per heavy atom. The summed E-state index contributed by atoms with van der Waals surface area (Å²) in [7, 11) is 1.66. The second-order valence-electron chi connectivity index (χ2n) is 7.26. The third-order valence-corrected chi connectivity index (χ3v) is 5.60. The predicted octanol–water partition coefficient (Wildman–Crippen LogP) is 5.68. The van der Waals surface area contributed by atoms with Crippen LogP contribution in [0, 0.1) is 0 Å². The summed E-state index contributed by atoms with van der Waals surface area (Å²) in [5.41, 5.74) is 4.73. The van der Waals surface area contributed by atoms with E-state index in [1.807, 2.05) is 72.8 Å². The average molecular weight is 380 g/mol. The first-order chi connectivity index (χ1) is 14.2. The first kappa shape index (κ1) is 17.5. The van der Waals surface area contributed by atoms with Gasteiger partial charge in [0.1, 0.15) is 17.1 Å². The molecule has 29 heavy (non-hydrogen) atoms. The average Bonchev–Trinajstić information content (AvgIpc) is 2.79. The molecule has 0 amide bonds. The van der Waals surface area contributed by atoms with Crippen molar-refractivity contribution in [3.63, 3.8) is 0 Å². The number of fused-ring (bicyclic) bond motifs is 2. The Bertz CT molecular complexity index is 1270. The van der Waals surface area contributed by atoms with Gasteiger partial charge in [-0.1, -0.05) is 54.6 Å². The van der Waals surface area contributed by atoms with Crippen molar-refractivity contribution in [2.24, 2.45) is 0 Å². The summed E-state index contributed by atoms with van der Waals surface area (Å²) in [6, 6.07) is 25.8. The summed E-state index contributed by atoms with van der Waals surface area (Å²) in [5, 5.41) is 0.620. The van der Waals surface area contributed by atoms with Gasteiger partial charge in [-0.25, -0.2) is 0 Å². The topological polar surface area (TPSA) is 39.4 Å². The Morgan fingerprint density at radius 3 is 2.38 bits per heavy atom. The summed E-state index contributed by atoms with van der Waals surface area (Å²) < 4.78 is 11.5. The minimum Gasteiger partial charge on any atom is -0.497 e. The number of hydrogen-bond donors (Lipinski definition) is 0. The van der Waals surface area contributed by atoms with E-state index < -0.39 is 0 Å². The molecule has 0 aliphatic heterocycles. The molecule has 0 N–H and O–H groups in total. The smallest absolute Gasteiger partial charge is 0.200 e. The van der Waals surface area contributed by atoms with Crippen molar-refractivity contribution in [2.75, 3.05) is 7.11 Å². The number of para-hydroxylation sites is 1. The van der Waals surface area contributed by atoms with Crippen LogP contribution in [0.2, 0.25) is 0 Å². The Kier molecular flexibility index (Phi) is 4.28. The third-order valence-electron chi connectivity index (χ3n) is 5.60. The van der Waals surface area contributed by atoms with E-state index in [2.05, 4.69) is 12.1 Å². The van der Waals surface area contributed by atoms with Crippen LogP contribution in [0.5, 0.6) is 5.75 Å². The van der Waals surface area contributed by atoms with Gasteiger partial charge in [-0.3, -0.25) is 4.79 Å². The van der Waals surface area contributed by atoms with E-state index in [-0.39, 0.29) is 11.3 Å². The molecule has 0 radical (unpaired) electrons. The summed E-state index contributed by atoms with van der Waals surface area (Å²) in [6.07, 6.45) is 2.66. The van der Waals surface area contributed by atoms with Gasteiger partial charge in [0, 0.05) is 12.3 Å². The number of rotatable bonds is 3. The van der Waals surface area contributed by atoms with Crippen molar-refractivity contribution in [3.05, 3.63) is 112 Å². The molecule has 1 atom stereocenters. The van der Waals surface area contributed by atoms with Gasteiger partial charge in [-0.05, 0) is 47.0 Å². The molecule has 0 saturated carbocycles. The van der Waals surface area contributed by atoms with Gasteiger partial charge >= 0.3 is 0 Å². The van der Waals surface area contributed by atoms with E-state index in [1.54, 1.807) is 7.11 Å². The van der Waals surface area contributed by atoms with Crippen LogP contribution in [0.1, 0.15) is 28.4 Å². The lowest BCUT2D eigenvalue weighted by Gasteiger charge is -2.26. The van der Waals surface area contributed by atoms with Crippen LogP contribution in [-0.4, -0.2) is 7.11 Å². The standard InChI is InChI=1S/C26H20O3/c1-28-19-13-11-18(12-14-19)21-15-23-25(16-22(21)17-7-3-2-4-8-17)29-24-10-6-5-9-20(24)26(23)27/h2-15,22H,16H2,1H3. The molecule has 1 unspecified atom stereocenters. The number of methoxy groups -OCH3 is 1. The second kappa shape index (κ2) is 7.10. The molecule has 3 aromatic carbocycles. The minimum atomic E-state index is 0.0272. The first-order valence-corrected chi connectivity index (χ1v) is 9.70. The molecule has 0 saturated heterocycles. The minimum absolute atomic E-state index is 0.0272. The molecule has 0 spiro atoms. The predicted molar refractivity (Wildman–Crippen MR) is 116 cm³/mol. The summed E-state index contributed by atoms with van der Waals surface area (Å²) in [5.74, 6) is 1.67. The molecule has 1 aliphatic rings. The van der Waals surface area contributed by atoms with E-state index in [9.17, 15) is 4.79 Å². The quantitative estimate of drug-likeness (QED) is 0.459. The monoisotopic (exact) mass is 380 g/mol. The van der Waals surface area contributed by atoms with Crippen LogP contribution in [0.15, 0.2) is 88.1 Å². The van der Waals surface area contributed by atoms with Gasteiger partial charge in [-0.2, -0.15) is 0 Å². The van der Waals surface area contributed by atoms with Gasteiger partial charge in [0.2, 0.25) is 0 Å². The Labute approximate surface area is 168 Å². The zero-order valence-corrected chi connectivity index (χ0v) is 16.1. The molecule has 3 heteroatoms. The first-order valence-electron chi connectivity index (χ1n) is 9.70. The van der Waals surface area contributed by atoms with Crippen LogP contribution in [-0.2, 0) is 6.42 Å². The van der Waals surface area contributed by atoms with Gasteiger partial charge in [0.05, 0.1) is 18.1 Å². The van der Waals surface area contributed by atoms with Crippen molar-refractivity contribution in [2.45, 2.75) is 12.3 Å². The summed E-state index contributed by atoms with van der Waals surface area (Å²) in [4.78, 5) is 13.2. The molecule has 4 aromatic rings. The molecule has 1 aliphatic carbocycles. The highest BCUT2D eigenvalue weighted by Gasteiger charge is 2.28. The maximum Gasteiger partial charge on any atom is 0.200 e. The van der Waals surface area contributed by atoms with Crippen LogP contribution >= 0.6 is 0 Å². The van der Waals surface area contributed by atoms with E-state index in [1.165, 1.54) is 5.56 Å². The SMILES string of the molecule is COc1ccc(C2=Cc3c(oc4ccccc4c3=O)CC2c2ccccc2)cc1. The Hall–Kier alpha value is -3.59. The fourth-order valence-electron chi connectivity index (χ4n) is 4.10. The lowest BCUT2D eigenvalue weighted by Crippen LogP contribution is -2.18. The lowest BCUT2D eigenvalue weighted by atomic mass is 9.78. The fraction of sp³-hybridized carbons (Fsp3) is 0.115. The highest BCUT2D eigenvalue weighted by Crippen LogP contribution is 2.41. The summed E-state index contributed by atoms with van der Waals surface area (Å²) >= 11 is 0. The van der Waals surface area contributed by atoms with Crippen LogP contribution in [0.25, 0.3) is 22.6 Å². The van der Waals surface area contributed by atoms with E-state index >= 15 is 0 Å². The molecule has 5 rings (SSSR count). The number of ether oxygens (including phenoxy) is 1. The number of allylic oxidation sites excluding steroid dienone is 1. The summed E-state index contributed by atoms with van der Waals surface area (Å²) in [6.45, 7) is 0. The van der Waals surface area contributed by atoms with Gasteiger partial charge in [-0.15, -0.1) is 0 Å². The molecular weight excluding hydrogens is 360 g/mol. The zero-order chi connectivity index (χ0) is 19.8. The molecule has 0 bridgehead atoms. The molecule has 1 aromatic heterocycles. The Morgan fingerprint density at radius 1 is 0.897 bits per heavy atom. The van der Waals surface area contributed by atoms with E-state index in [0.29, 0.717) is 23.0 Å². The third kappa shape index (κ3) is 3.05. The highest BCUT2D eigenvalue weighted by molar-refractivity contribution is 5.90. The normalized spacial score (nSPS) is 15.6. The molecule has 0 fully saturated rings. The fourth-order valence-corrected chi connectivity index (χ4v) is 4.10. The van der Waals surface area contributed by atoms with Crippen LogP contribution < -0.4 is 10.2 Å². The van der Waals surface area contributed by atoms with Crippen molar-refractivity contribution < 1.29 is 9.15 Å². The van der Waals surface area contributed by atoms with Gasteiger partial charge in [0.15, 0.2) is 5.43 Å². The highest BCUT2D eigenvalue weighted by atomic mass is 16.5. The maximum atomic E-state index is 13.2. The van der Waals surface area contributed by atoms with Crippen molar-refractivity contribution >= 4 is 22.6 Å².